The van der Waals surface area contributed by atoms with Crippen molar-refractivity contribution in [2.24, 2.45) is 0 Å². The molecule has 0 bridgehead atoms. The Kier molecular flexibility index (Phi) is 4.00. The van der Waals surface area contributed by atoms with Crippen molar-refractivity contribution in [2.75, 3.05) is 6.54 Å². The lowest BCUT2D eigenvalue weighted by atomic mass is 9.84. The third kappa shape index (κ3) is 2.10. The number of benzene rings is 1. The Morgan fingerprint density at radius 3 is 2.62 bits per heavy atom. The Hall–Kier alpha value is -0.570. The molecule has 90 valence electrons. The van der Waals surface area contributed by atoms with Gasteiger partial charge in [0.1, 0.15) is 5.60 Å². The van der Waals surface area contributed by atoms with Crippen molar-refractivity contribution >= 4 is 12.4 Å². The first kappa shape index (κ1) is 13.5. The summed E-state index contributed by atoms with van der Waals surface area (Å²) < 4.78 is 0. The van der Waals surface area contributed by atoms with E-state index < -0.39 is 5.60 Å². The van der Waals surface area contributed by atoms with Gasteiger partial charge in [0.15, 0.2) is 0 Å². The summed E-state index contributed by atoms with van der Waals surface area (Å²) in [4.78, 5) is 0. The molecule has 0 spiro atoms. The van der Waals surface area contributed by atoms with Crippen LogP contribution in [-0.4, -0.2) is 17.7 Å². The van der Waals surface area contributed by atoms with Gasteiger partial charge in [-0.15, -0.1) is 12.4 Å². The minimum absolute atomic E-state index is 0. The summed E-state index contributed by atoms with van der Waals surface area (Å²) in [5.74, 6) is 0. The molecule has 2 unspecified atom stereocenters. The summed E-state index contributed by atoms with van der Waals surface area (Å²) in [6.45, 7) is 7.08. The SMILES string of the molecule is Cc1ccc(C)c(C2(O)CCNC2C)c1.Cl. The molecule has 16 heavy (non-hydrogen) atoms. The van der Waals surface area contributed by atoms with Crippen LogP contribution in [0.15, 0.2) is 18.2 Å². The second-order valence-corrected chi connectivity index (χ2v) is 4.67. The van der Waals surface area contributed by atoms with E-state index in [1.165, 1.54) is 11.1 Å². The molecule has 2 rings (SSSR count). The van der Waals surface area contributed by atoms with Gasteiger partial charge < -0.3 is 10.4 Å². The van der Waals surface area contributed by atoms with E-state index in [0.717, 1.165) is 18.5 Å². The van der Waals surface area contributed by atoms with Gasteiger partial charge >= 0.3 is 0 Å². The van der Waals surface area contributed by atoms with Gasteiger partial charge in [0.25, 0.3) is 0 Å². The fourth-order valence-corrected chi connectivity index (χ4v) is 2.43. The standard InChI is InChI=1S/C13H19NO.ClH/c1-9-4-5-10(2)12(8-9)13(15)6-7-14-11(13)3;/h4-5,8,11,14-15H,6-7H2,1-3H3;1H. The molecule has 1 saturated heterocycles. The quantitative estimate of drug-likeness (QED) is 0.791. The molecule has 0 radical (unpaired) electrons. The number of hydrogen-bond acceptors (Lipinski definition) is 2. The molecule has 1 heterocycles. The molecule has 1 aromatic carbocycles. The molecule has 0 saturated carbocycles. The van der Waals surface area contributed by atoms with Crippen molar-refractivity contribution in [1.29, 1.82) is 0 Å². The van der Waals surface area contributed by atoms with Crippen LogP contribution in [0.1, 0.15) is 30.0 Å². The highest BCUT2D eigenvalue weighted by Crippen LogP contribution is 2.34. The van der Waals surface area contributed by atoms with Crippen LogP contribution in [0.3, 0.4) is 0 Å². The van der Waals surface area contributed by atoms with Gasteiger partial charge in [-0.1, -0.05) is 23.8 Å². The lowest BCUT2D eigenvalue weighted by Gasteiger charge is -2.29. The third-order valence-electron chi connectivity index (χ3n) is 3.53. The maximum atomic E-state index is 10.7. The van der Waals surface area contributed by atoms with Crippen molar-refractivity contribution in [3.05, 3.63) is 34.9 Å². The molecule has 0 amide bonds. The van der Waals surface area contributed by atoms with E-state index in [4.69, 9.17) is 0 Å². The number of hydrogen-bond donors (Lipinski definition) is 2. The highest BCUT2D eigenvalue weighted by Gasteiger charge is 2.40. The van der Waals surface area contributed by atoms with Crippen molar-refractivity contribution in [3.8, 4) is 0 Å². The highest BCUT2D eigenvalue weighted by atomic mass is 35.5. The average Bonchev–Trinajstić information content (AvgIpc) is 2.52. The molecule has 1 aliphatic heterocycles. The second kappa shape index (κ2) is 4.74. The number of halogens is 1. The van der Waals surface area contributed by atoms with E-state index >= 15 is 0 Å². The maximum absolute atomic E-state index is 10.7. The Morgan fingerprint density at radius 1 is 1.38 bits per heavy atom. The lowest BCUT2D eigenvalue weighted by Crippen LogP contribution is -2.38. The first-order valence-corrected chi connectivity index (χ1v) is 5.57. The Morgan fingerprint density at radius 2 is 2.06 bits per heavy atom. The van der Waals surface area contributed by atoms with Gasteiger partial charge in [0, 0.05) is 6.04 Å². The van der Waals surface area contributed by atoms with Crippen LogP contribution in [0, 0.1) is 13.8 Å². The number of rotatable bonds is 1. The molecule has 1 fully saturated rings. The second-order valence-electron chi connectivity index (χ2n) is 4.67. The molecular formula is C13H20ClNO. The summed E-state index contributed by atoms with van der Waals surface area (Å²) in [7, 11) is 0. The van der Waals surface area contributed by atoms with E-state index in [9.17, 15) is 5.11 Å². The Labute approximate surface area is 103 Å². The van der Waals surface area contributed by atoms with Crippen molar-refractivity contribution in [2.45, 2.75) is 38.8 Å². The van der Waals surface area contributed by atoms with Gasteiger partial charge in [0.2, 0.25) is 0 Å². The smallest absolute Gasteiger partial charge is 0.106 e. The van der Waals surface area contributed by atoms with Gasteiger partial charge in [-0.3, -0.25) is 0 Å². The van der Waals surface area contributed by atoms with E-state index in [2.05, 4.69) is 44.3 Å². The molecule has 1 aromatic rings. The van der Waals surface area contributed by atoms with Gasteiger partial charge in [-0.25, -0.2) is 0 Å². The minimum atomic E-state index is -0.684. The van der Waals surface area contributed by atoms with Crippen LogP contribution >= 0.6 is 12.4 Å². The zero-order valence-electron chi connectivity index (χ0n) is 10.1. The Bertz CT molecular complexity index is 380. The minimum Gasteiger partial charge on any atom is -0.383 e. The van der Waals surface area contributed by atoms with Gasteiger partial charge in [-0.05, 0) is 44.9 Å². The molecule has 2 nitrogen and oxygen atoms in total. The number of aliphatic hydroxyl groups is 1. The lowest BCUT2D eigenvalue weighted by molar-refractivity contribution is 0.0286. The van der Waals surface area contributed by atoms with E-state index in [1.54, 1.807) is 0 Å². The summed E-state index contributed by atoms with van der Waals surface area (Å²) >= 11 is 0. The summed E-state index contributed by atoms with van der Waals surface area (Å²) in [5.41, 5.74) is 2.79. The molecule has 2 N–H and O–H groups in total. The van der Waals surface area contributed by atoms with Crippen LogP contribution in [-0.2, 0) is 5.60 Å². The van der Waals surface area contributed by atoms with Crippen molar-refractivity contribution < 1.29 is 5.11 Å². The van der Waals surface area contributed by atoms with Crippen LogP contribution < -0.4 is 5.32 Å². The van der Waals surface area contributed by atoms with Gasteiger partial charge in [-0.2, -0.15) is 0 Å². The molecular weight excluding hydrogens is 222 g/mol. The maximum Gasteiger partial charge on any atom is 0.106 e. The normalized spacial score (nSPS) is 28.9. The fraction of sp³-hybridized carbons (Fsp3) is 0.538. The molecule has 1 aliphatic rings. The first-order chi connectivity index (χ1) is 7.04. The third-order valence-corrected chi connectivity index (χ3v) is 3.53. The predicted molar refractivity (Wildman–Crippen MR) is 69.1 cm³/mol. The summed E-state index contributed by atoms with van der Waals surface area (Å²) in [6, 6.07) is 6.43. The average molecular weight is 242 g/mol. The van der Waals surface area contributed by atoms with E-state index in [0.29, 0.717) is 0 Å². The van der Waals surface area contributed by atoms with Crippen molar-refractivity contribution in [1.82, 2.24) is 5.32 Å². The predicted octanol–water partition coefficient (Wildman–Crippen LogP) is 2.29. The summed E-state index contributed by atoms with van der Waals surface area (Å²) in [6.07, 6.45) is 0.804. The highest BCUT2D eigenvalue weighted by molar-refractivity contribution is 5.85. The molecule has 3 heteroatoms. The zero-order chi connectivity index (χ0) is 11.1. The van der Waals surface area contributed by atoms with E-state index in [-0.39, 0.29) is 18.4 Å². The zero-order valence-corrected chi connectivity index (χ0v) is 10.9. The van der Waals surface area contributed by atoms with Crippen molar-refractivity contribution in [3.63, 3.8) is 0 Å². The first-order valence-electron chi connectivity index (χ1n) is 5.57. The van der Waals surface area contributed by atoms with Crippen LogP contribution in [0.4, 0.5) is 0 Å². The van der Waals surface area contributed by atoms with E-state index in [1.807, 2.05) is 0 Å². The largest absolute Gasteiger partial charge is 0.383 e. The number of aryl methyl sites for hydroxylation is 2. The summed E-state index contributed by atoms with van der Waals surface area (Å²) in [5, 5.41) is 14.0. The molecule has 0 aliphatic carbocycles. The monoisotopic (exact) mass is 241 g/mol. The van der Waals surface area contributed by atoms with Crippen LogP contribution in [0.25, 0.3) is 0 Å². The number of nitrogens with one attached hydrogen (secondary N) is 1. The van der Waals surface area contributed by atoms with Crippen LogP contribution in [0.2, 0.25) is 0 Å². The van der Waals surface area contributed by atoms with Gasteiger partial charge in [0.05, 0.1) is 0 Å². The molecule has 2 atom stereocenters. The fourth-order valence-electron chi connectivity index (χ4n) is 2.43. The molecule has 0 aromatic heterocycles. The topological polar surface area (TPSA) is 32.3 Å². The Balaban J connectivity index is 0.00000128. The van der Waals surface area contributed by atoms with Crippen LogP contribution in [0.5, 0.6) is 0 Å².